The lowest BCUT2D eigenvalue weighted by Gasteiger charge is -2.50. The van der Waals surface area contributed by atoms with Crippen LogP contribution < -0.4 is 4.90 Å². The molecule has 310 valence electrons. The lowest BCUT2D eigenvalue weighted by molar-refractivity contribution is 0.623. The third-order valence-electron chi connectivity index (χ3n) is 14.4. The Labute approximate surface area is 382 Å². The van der Waals surface area contributed by atoms with Crippen LogP contribution in [0.15, 0.2) is 231 Å². The van der Waals surface area contributed by atoms with E-state index in [9.17, 15) is 0 Å². The molecule has 0 aromatic heterocycles. The Morgan fingerprint density at radius 3 is 1.49 bits per heavy atom. The van der Waals surface area contributed by atoms with Crippen LogP contribution in [0.5, 0.6) is 0 Å². The summed E-state index contributed by atoms with van der Waals surface area (Å²) in [6, 6.07) is 84.5. The van der Waals surface area contributed by atoms with E-state index in [-0.39, 0.29) is 0 Å². The molecule has 0 saturated carbocycles. The summed E-state index contributed by atoms with van der Waals surface area (Å²) in [5.74, 6) is 0. The van der Waals surface area contributed by atoms with Crippen molar-refractivity contribution < 1.29 is 0 Å². The highest BCUT2D eigenvalue weighted by atomic mass is 15.1. The van der Waals surface area contributed by atoms with E-state index in [0.29, 0.717) is 0 Å². The largest absolute Gasteiger partial charge is 0.310 e. The maximum absolute atomic E-state index is 2.52. The number of hydrogen-bond donors (Lipinski definition) is 0. The van der Waals surface area contributed by atoms with E-state index < -0.39 is 10.8 Å². The van der Waals surface area contributed by atoms with Crippen LogP contribution in [-0.4, -0.2) is 0 Å². The summed E-state index contributed by atoms with van der Waals surface area (Å²) in [5, 5.41) is 5.28. The number of aryl methyl sites for hydroxylation is 1. The highest BCUT2D eigenvalue weighted by Gasteiger charge is 2.56. The fourth-order valence-electron chi connectivity index (χ4n) is 12.0. The van der Waals surface area contributed by atoms with Gasteiger partial charge in [0.15, 0.2) is 0 Å². The van der Waals surface area contributed by atoms with Gasteiger partial charge in [0.05, 0.1) is 10.8 Å². The molecule has 1 spiro atoms. The second-order valence-electron chi connectivity index (χ2n) is 17.4. The Bertz CT molecular complexity index is 3360. The smallest absolute Gasteiger partial charge is 0.0720 e. The molecule has 0 aliphatic heterocycles. The van der Waals surface area contributed by atoms with E-state index in [0.717, 1.165) is 29.9 Å². The van der Waals surface area contributed by atoms with Gasteiger partial charge in [-0.05, 0) is 138 Å². The van der Waals surface area contributed by atoms with Crippen molar-refractivity contribution in [3.8, 4) is 11.1 Å². The molecule has 1 nitrogen and oxygen atoms in total. The zero-order valence-corrected chi connectivity index (χ0v) is 36.9. The van der Waals surface area contributed by atoms with Gasteiger partial charge in [-0.15, -0.1) is 0 Å². The monoisotopic (exact) mass is 831 g/mol. The van der Waals surface area contributed by atoms with Gasteiger partial charge in [-0.25, -0.2) is 0 Å². The lowest BCUT2D eigenvalue weighted by Crippen LogP contribution is -2.44. The summed E-state index contributed by atoms with van der Waals surface area (Å²) in [6.07, 6.45) is 6.80. The average molecular weight is 832 g/mol. The molecule has 10 aromatic carbocycles. The Hall–Kier alpha value is -7.74. The van der Waals surface area contributed by atoms with E-state index in [1.807, 2.05) is 13.8 Å². The number of anilines is 3. The molecule has 0 N–H and O–H groups in total. The Morgan fingerprint density at radius 1 is 0.354 bits per heavy atom. The average Bonchev–Trinajstić information content (AvgIpc) is 3.68. The summed E-state index contributed by atoms with van der Waals surface area (Å²) in [4.78, 5) is 2.48. The van der Waals surface area contributed by atoms with E-state index in [1.165, 1.54) is 88.3 Å². The minimum Gasteiger partial charge on any atom is -0.310 e. The second-order valence-corrected chi connectivity index (χ2v) is 17.4. The highest BCUT2D eigenvalue weighted by molar-refractivity contribution is 6.14. The summed E-state index contributed by atoms with van der Waals surface area (Å²) in [6.45, 7) is 4.00. The zero-order chi connectivity index (χ0) is 43.5. The predicted molar refractivity (Wildman–Crippen MR) is 274 cm³/mol. The van der Waals surface area contributed by atoms with Crippen LogP contribution in [0.3, 0.4) is 0 Å². The maximum atomic E-state index is 2.52. The topological polar surface area (TPSA) is 3.24 Å². The summed E-state index contributed by atoms with van der Waals surface area (Å²) >= 11 is 0. The van der Waals surface area contributed by atoms with Gasteiger partial charge in [-0.3, -0.25) is 0 Å². The van der Waals surface area contributed by atoms with Crippen LogP contribution in [0.25, 0.3) is 38.7 Å². The van der Waals surface area contributed by atoms with Crippen LogP contribution in [0.4, 0.5) is 17.1 Å². The van der Waals surface area contributed by atoms with Gasteiger partial charge in [0.25, 0.3) is 0 Å². The van der Waals surface area contributed by atoms with Gasteiger partial charge < -0.3 is 4.90 Å². The lowest BCUT2D eigenvalue weighted by atomic mass is 9.51. The number of allylic oxidation sites excluding steroid dienone is 1. The maximum Gasteiger partial charge on any atom is 0.0720 e. The minimum atomic E-state index is -0.587. The minimum absolute atomic E-state index is 0.546. The molecule has 0 unspecified atom stereocenters. The van der Waals surface area contributed by atoms with E-state index in [1.54, 1.807) is 0 Å². The molecule has 0 fully saturated rings. The third-order valence-corrected chi connectivity index (χ3v) is 14.4. The highest BCUT2D eigenvalue weighted by Crippen LogP contribution is 2.65. The SMILES string of the molecule is C1=Cc2c(c3ccc(N(c4ccccc4)c4ccc5c(c4)C4(c6ccccc6-5)c5ccccc5C(c5ccccc5)(c5ccccc5)c5ccccc54)cc3c3ccccc23)CC1.CC. The fourth-order valence-corrected chi connectivity index (χ4v) is 12.0. The van der Waals surface area contributed by atoms with E-state index in [4.69, 9.17) is 0 Å². The Morgan fingerprint density at radius 2 is 0.846 bits per heavy atom. The zero-order valence-electron chi connectivity index (χ0n) is 36.9. The molecule has 0 radical (unpaired) electrons. The molecule has 0 bridgehead atoms. The van der Waals surface area contributed by atoms with Gasteiger partial charge in [-0.2, -0.15) is 0 Å². The summed E-state index contributed by atoms with van der Waals surface area (Å²) in [5.41, 5.74) is 18.1. The molecule has 0 saturated heterocycles. The molecule has 10 aromatic rings. The number of para-hydroxylation sites is 1. The molecule has 65 heavy (non-hydrogen) atoms. The number of nitrogens with zero attached hydrogens (tertiary/aromatic N) is 1. The fraction of sp³-hybridized carbons (Fsp3) is 0.0938. The molecule has 0 amide bonds. The summed E-state index contributed by atoms with van der Waals surface area (Å²) < 4.78 is 0. The predicted octanol–water partition coefficient (Wildman–Crippen LogP) is 16.5. The first-order valence-electron chi connectivity index (χ1n) is 23.3. The molecule has 0 atom stereocenters. The van der Waals surface area contributed by atoms with Crippen molar-refractivity contribution in [2.45, 2.75) is 37.5 Å². The van der Waals surface area contributed by atoms with Crippen molar-refractivity contribution in [1.29, 1.82) is 0 Å². The van der Waals surface area contributed by atoms with Crippen molar-refractivity contribution >= 4 is 44.7 Å². The van der Waals surface area contributed by atoms with Crippen LogP contribution in [0, 0.1) is 0 Å². The molecular weight excluding hydrogens is 783 g/mol. The van der Waals surface area contributed by atoms with Crippen molar-refractivity contribution in [1.82, 2.24) is 0 Å². The van der Waals surface area contributed by atoms with Crippen LogP contribution >= 0.6 is 0 Å². The van der Waals surface area contributed by atoms with Crippen LogP contribution in [0.2, 0.25) is 0 Å². The van der Waals surface area contributed by atoms with Gasteiger partial charge in [0, 0.05) is 17.1 Å². The standard InChI is InChI=1S/C62H43N.C2H6/c1-4-20-42(21-5-1)61(43-22-6-2-7-23-43)56-32-16-18-34-58(56)62(59-35-19-17-33-57(59)61)55-31-15-14-30-52(55)53-39-37-46(41-60(53)62)63(44-24-8-3-9-25-44)45-36-38-51-49-28-11-10-26-47(49)48-27-12-13-29-50(48)54(51)40-45;1-2/h1-10,12-27,29-41H,11,28H2;1-2H3. The molecule has 3 aliphatic carbocycles. The van der Waals surface area contributed by atoms with Crippen molar-refractivity contribution in [2.75, 3.05) is 4.90 Å². The van der Waals surface area contributed by atoms with Gasteiger partial charge in [-0.1, -0.05) is 214 Å². The first-order chi connectivity index (χ1) is 32.3. The van der Waals surface area contributed by atoms with E-state index in [2.05, 4.69) is 242 Å². The van der Waals surface area contributed by atoms with E-state index >= 15 is 0 Å². The second kappa shape index (κ2) is 15.5. The normalized spacial score (nSPS) is 14.4. The van der Waals surface area contributed by atoms with Gasteiger partial charge >= 0.3 is 0 Å². The van der Waals surface area contributed by atoms with Crippen LogP contribution in [0.1, 0.15) is 75.9 Å². The van der Waals surface area contributed by atoms with Crippen molar-refractivity contribution in [3.05, 3.63) is 286 Å². The Balaban J connectivity index is 0.00000219. The number of rotatable bonds is 5. The first kappa shape index (κ1) is 38.9. The quantitative estimate of drug-likeness (QED) is 0.156. The van der Waals surface area contributed by atoms with Gasteiger partial charge in [0.2, 0.25) is 0 Å². The number of hydrogen-bond acceptors (Lipinski definition) is 1. The van der Waals surface area contributed by atoms with Gasteiger partial charge in [0.1, 0.15) is 0 Å². The van der Waals surface area contributed by atoms with Crippen LogP contribution in [-0.2, 0) is 17.3 Å². The van der Waals surface area contributed by atoms with Crippen molar-refractivity contribution in [2.24, 2.45) is 0 Å². The molecule has 1 heteroatoms. The molecule has 3 aliphatic rings. The first-order valence-corrected chi connectivity index (χ1v) is 23.3. The molecular formula is C64H49N. The number of fused-ring (bicyclic) bond motifs is 15. The number of benzene rings is 10. The molecule has 0 heterocycles. The molecule has 13 rings (SSSR count). The third kappa shape index (κ3) is 5.52. The summed E-state index contributed by atoms with van der Waals surface area (Å²) in [7, 11) is 0. The van der Waals surface area contributed by atoms with Crippen molar-refractivity contribution in [3.63, 3.8) is 0 Å². The Kier molecular flexibility index (Phi) is 9.28.